The lowest BCUT2D eigenvalue weighted by Gasteiger charge is -2.52. The average Bonchev–Trinajstić information content (AvgIpc) is 2.38. The van der Waals surface area contributed by atoms with Gasteiger partial charge in [-0.15, -0.1) is 12.3 Å². The summed E-state index contributed by atoms with van der Waals surface area (Å²) >= 11 is 0. The van der Waals surface area contributed by atoms with Crippen LogP contribution in [0.15, 0.2) is 0 Å². The van der Waals surface area contributed by atoms with Crippen LogP contribution in [0.4, 0.5) is 0 Å². The van der Waals surface area contributed by atoms with E-state index in [1.54, 1.807) is 0 Å². The van der Waals surface area contributed by atoms with Crippen molar-refractivity contribution in [3.8, 4) is 12.3 Å². The largest absolute Gasteiger partial charge is 0.327 e. The first-order valence-corrected chi connectivity index (χ1v) is 6.60. The van der Waals surface area contributed by atoms with E-state index < -0.39 is 5.97 Å². The van der Waals surface area contributed by atoms with Crippen LogP contribution in [0.3, 0.4) is 0 Å². The van der Waals surface area contributed by atoms with Gasteiger partial charge in [-0.2, -0.15) is 0 Å². The maximum Gasteiger partial charge on any atom is 0.282 e. The molecule has 3 heterocycles. The van der Waals surface area contributed by atoms with Gasteiger partial charge in [-0.1, -0.05) is 13.3 Å². The number of hydrogen-bond donors (Lipinski definition) is 0. The highest BCUT2D eigenvalue weighted by Gasteiger charge is 2.51. The average molecular weight is 238 g/mol. The molecule has 3 heteroatoms. The van der Waals surface area contributed by atoms with E-state index in [0.717, 1.165) is 58.3 Å². The first-order valence-electron chi connectivity index (χ1n) is 6.60. The van der Waals surface area contributed by atoms with Crippen molar-refractivity contribution in [1.82, 2.24) is 0 Å². The lowest BCUT2D eigenvalue weighted by molar-refractivity contribution is -0.470. The maximum atomic E-state index is 5.80. The summed E-state index contributed by atoms with van der Waals surface area (Å²) in [5.74, 6) is 1.89. The van der Waals surface area contributed by atoms with Gasteiger partial charge < -0.3 is 14.2 Å². The fraction of sp³-hybridized carbons (Fsp3) is 0.857. The molecule has 0 aromatic carbocycles. The van der Waals surface area contributed by atoms with Crippen molar-refractivity contribution in [2.24, 2.45) is 5.41 Å². The Morgan fingerprint density at radius 3 is 2.24 bits per heavy atom. The third kappa shape index (κ3) is 2.82. The Bertz CT molecular complexity index is 268. The van der Waals surface area contributed by atoms with Crippen molar-refractivity contribution in [2.75, 3.05) is 19.8 Å². The van der Waals surface area contributed by atoms with Crippen LogP contribution >= 0.6 is 0 Å². The van der Waals surface area contributed by atoms with E-state index in [1.165, 1.54) is 0 Å². The molecule has 3 aliphatic rings. The molecule has 3 aliphatic heterocycles. The summed E-state index contributed by atoms with van der Waals surface area (Å²) in [4.78, 5) is 0. The topological polar surface area (TPSA) is 27.7 Å². The Morgan fingerprint density at radius 2 is 1.71 bits per heavy atom. The number of fused-ring (bicyclic) bond motifs is 3. The molecule has 3 nitrogen and oxygen atoms in total. The molecule has 2 bridgehead atoms. The quantitative estimate of drug-likeness (QED) is 0.526. The van der Waals surface area contributed by atoms with Gasteiger partial charge in [0.15, 0.2) is 0 Å². The molecule has 0 aliphatic carbocycles. The van der Waals surface area contributed by atoms with E-state index in [-0.39, 0.29) is 5.41 Å². The van der Waals surface area contributed by atoms with Crippen molar-refractivity contribution < 1.29 is 14.2 Å². The molecule has 3 fully saturated rings. The smallest absolute Gasteiger partial charge is 0.282 e. The van der Waals surface area contributed by atoms with Crippen LogP contribution in [-0.2, 0) is 14.2 Å². The summed E-state index contributed by atoms with van der Waals surface area (Å²) < 4.78 is 17.4. The summed E-state index contributed by atoms with van der Waals surface area (Å²) in [6.45, 7) is 4.51. The highest BCUT2D eigenvalue weighted by molar-refractivity contribution is 4.88. The van der Waals surface area contributed by atoms with Gasteiger partial charge in [0.25, 0.3) is 5.97 Å². The molecule has 0 amide bonds. The second-order valence-electron chi connectivity index (χ2n) is 5.21. The second kappa shape index (κ2) is 5.39. The number of terminal acetylenes is 1. The highest BCUT2D eigenvalue weighted by Crippen LogP contribution is 2.43. The van der Waals surface area contributed by atoms with Crippen LogP contribution < -0.4 is 0 Å². The van der Waals surface area contributed by atoms with Crippen LogP contribution in [0, 0.1) is 17.8 Å². The summed E-state index contributed by atoms with van der Waals surface area (Å²) in [5.41, 5.74) is 0.106. The molecule has 0 spiro atoms. The minimum absolute atomic E-state index is 0.106. The van der Waals surface area contributed by atoms with Gasteiger partial charge in [0.1, 0.15) is 0 Å². The Labute approximate surface area is 104 Å². The van der Waals surface area contributed by atoms with Crippen molar-refractivity contribution >= 4 is 0 Å². The first kappa shape index (κ1) is 12.9. The Hall–Kier alpha value is -0.560. The SMILES string of the molecule is C#CCCCCC12OCC(CCC)(CO1)CO2. The van der Waals surface area contributed by atoms with E-state index in [4.69, 9.17) is 20.6 Å². The Morgan fingerprint density at radius 1 is 1.06 bits per heavy atom. The zero-order valence-corrected chi connectivity index (χ0v) is 10.7. The number of unbranched alkanes of at least 4 members (excludes halogenated alkanes) is 2. The van der Waals surface area contributed by atoms with Crippen molar-refractivity contribution in [3.05, 3.63) is 0 Å². The van der Waals surface area contributed by atoms with Gasteiger partial charge in [0.2, 0.25) is 0 Å². The molecule has 0 atom stereocenters. The zero-order chi connectivity index (χ0) is 12.2. The number of rotatable bonds is 6. The normalized spacial score (nSPS) is 35.8. The van der Waals surface area contributed by atoms with Crippen LogP contribution in [0.25, 0.3) is 0 Å². The predicted molar refractivity (Wildman–Crippen MR) is 65.2 cm³/mol. The fourth-order valence-electron chi connectivity index (χ4n) is 2.57. The standard InChI is InChI=1S/C14H22O3/c1-3-5-6-7-9-14-15-10-13(8-4-2,11-16-14)12-17-14/h1H,4-12H2,2H3. The Balaban J connectivity index is 1.80. The molecule has 0 aromatic rings. The lowest BCUT2D eigenvalue weighted by atomic mass is 9.84. The van der Waals surface area contributed by atoms with E-state index >= 15 is 0 Å². The molecule has 0 N–H and O–H groups in total. The molecule has 96 valence electrons. The number of ether oxygens (including phenoxy) is 3. The molecular formula is C14H22O3. The molecule has 0 unspecified atom stereocenters. The second-order valence-corrected chi connectivity index (χ2v) is 5.21. The first-order chi connectivity index (χ1) is 8.24. The van der Waals surface area contributed by atoms with Crippen LogP contribution in [0.2, 0.25) is 0 Å². The lowest BCUT2D eigenvalue weighted by Crippen LogP contribution is -2.59. The molecule has 17 heavy (non-hydrogen) atoms. The zero-order valence-electron chi connectivity index (χ0n) is 10.7. The van der Waals surface area contributed by atoms with E-state index in [0.29, 0.717) is 0 Å². The predicted octanol–water partition coefficient (Wildman–Crippen LogP) is 2.70. The highest BCUT2D eigenvalue weighted by atomic mass is 16.9. The van der Waals surface area contributed by atoms with E-state index in [2.05, 4.69) is 12.8 Å². The summed E-state index contributed by atoms with van der Waals surface area (Å²) in [6, 6.07) is 0. The fourth-order valence-corrected chi connectivity index (χ4v) is 2.57. The van der Waals surface area contributed by atoms with Gasteiger partial charge in [-0.25, -0.2) is 0 Å². The molecular weight excluding hydrogens is 216 g/mol. The third-order valence-corrected chi connectivity index (χ3v) is 3.63. The minimum atomic E-state index is -0.760. The van der Waals surface area contributed by atoms with Crippen molar-refractivity contribution in [1.29, 1.82) is 0 Å². The molecule has 0 aromatic heterocycles. The van der Waals surface area contributed by atoms with E-state index in [1.807, 2.05) is 0 Å². The maximum absolute atomic E-state index is 5.80. The van der Waals surface area contributed by atoms with Gasteiger partial charge in [-0.3, -0.25) is 0 Å². The van der Waals surface area contributed by atoms with Crippen LogP contribution in [0.1, 0.15) is 45.4 Å². The van der Waals surface area contributed by atoms with Gasteiger partial charge in [-0.05, 0) is 19.3 Å². The molecule has 0 saturated carbocycles. The van der Waals surface area contributed by atoms with Gasteiger partial charge >= 0.3 is 0 Å². The molecule has 3 saturated heterocycles. The third-order valence-electron chi connectivity index (χ3n) is 3.63. The van der Waals surface area contributed by atoms with Crippen molar-refractivity contribution in [2.45, 2.75) is 51.4 Å². The van der Waals surface area contributed by atoms with Gasteiger partial charge in [0.05, 0.1) is 19.8 Å². The van der Waals surface area contributed by atoms with Crippen molar-refractivity contribution in [3.63, 3.8) is 0 Å². The molecule has 0 radical (unpaired) electrons. The minimum Gasteiger partial charge on any atom is -0.327 e. The Kier molecular flexibility index (Phi) is 4.09. The monoisotopic (exact) mass is 238 g/mol. The summed E-state index contributed by atoms with van der Waals surface area (Å²) in [5, 5.41) is 0. The summed E-state index contributed by atoms with van der Waals surface area (Å²) in [6.07, 6.45) is 11.1. The van der Waals surface area contributed by atoms with E-state index in [9.17, 15) is 0 Å². The summed E-state index contributed by atoms with van der Waals surface area (Å²) in [7, 11) is 0. The van der Waals surface area contributed by atoms with Crippen LogP contribution in [0.5, 0.6) is 0 Å². The van der Waals surface area contributed by atoms with Gasteiger partial charge in [0, 0.05) is 18.3 Å². The number of hydrogen-bond acceptors (Lipinski definition) is 3. The molecule has 3 rings (SSSR count). The van der Waals surface area contributed by atoms with Crippen LogP contribution in [-0.4, -0.2) is 25.8 Å².